The van der Waals surface area contributed by atoms with Crippen LogP contribution >= 0.6 is 22.9 Å². The van der Waals surface area contributed by atoms with Crippen LogP contribution < -0.4 is 5.01 Å². The molecule has 2 aromatic carbocycles. The van der Waals surface area contributed by atoms with Gasteiger partial charge in [-0.15, -0.1) is 11.3 Å². The Labute approximate surface area is 160 Å². The minimum Gasteiger partial charge on any atom is -0.478 e. The molecule has 1 heterocycles. The van der Waals surface area contributed by atoms with E-state index in [1.54, 1.807) is 35.5 Å². The van der Waals surface area contributed by atoms with Crippen molar-refractivity contribution in [2.45, 2.75) is 6.92 Å². The first-order valence-electron chi connectivity index (χ1n) is 7.94. The van der Waals surface area contributed by atoms with E-state index in [-0.39, 0.29) is 5.56 Å². The highest BCUT2D eigenvalue weighted by molar-refractivity contribution is 7.14. The van der Waals surface area contributed by atoms with Crippen LogP contribution in [0.1, 0.15) is 22.8 Å². The van der Waals surface area contributed by atoms with Crippen molar-refractivity contribution >= 4 is 40.3 Å². The number of hydrazone groups is 1. The van der Waals surface area contributed by atoms with Crippen LogP contribution in [-0.2, 0) is 0 Å². The van der Waals surface area contributed by atoms with E-state index >= 15 is 0 Å². The second-order valence-electron chi connectivity index (χ2n) is 5.35. The first-order valence-corrected chi connectivity index (χ1v) is 9.20. The summed E-state index contributed by atoms with van der Waals surface area (Å²) >= 11 is 7.69. The predicted molar refractivity (Wildman–Crippen MR) is 107 cm³/mol. The molecule has 0 spiro atoms. The van der Waals surface area contributed by atoms with Crippen LogP contribution in [0.3, 0.4) is 0 Å². The zero-order chi connectivity index (χ0) is 18.5. The molecule has 0 atom stereocenters. The van der Waals surface area contributed by atoms with Gasteiger partial charge in [0, 0.05) is 28.1 Å². The topological polar surface area (TPSA) is 65.8 Å². The molecule has 3 rings (SSSR count). The van der Waals surface area contributed by atoms with Gasteiger partial charge in [0.1, 0.15) is 0 Å². The molecular formula is C19H16ClN3O2S. The van der Waals surface area contributed by atoms with Gasteiger partial charge in [0.05, 0.1) is 17.5 Å². The number of carbonyl (C=O) groups is 1. The summed E-state index contributed by atoms with van der Waals surface area (Å²) in [5, 5.41) is 18.7. The lowest BCUT2D eigenvalue weighted by Gasteiger charge is -2.13. The average molecular weight is 386 g/mol. The minimum absolute atomic E-state index is 0.211. The van der Waals surface area contributed by atoms with E-state index in [1.807, 2.05) is 36.6 Å². The SMILES string of the molecule is CCN(N=Cc1ccccc1C(=O)O)c1nc(-c2ccccc2Cl)cs1. The second kappa shape index (κ2) is 8.12. The molecule has 7 heteroatoms. The zero-order valence-corrected chi connectivity index (χ0v) is 15.5. The number of hydrogen-bond acceptors (Lipinski definition) is 5. The Morgan fingerprint density at radius 3 is 2.73 bits per heavy atom. The van der Waals surface area contributed by atoms with Crippen molar-refractivity contribution in [2.24, 2.45) is 5.10 Å². The van der Waals surface area contributed by atoms with Gasteiger partial charge in [-0.05, 0) is 19.1 Å². The molecule has 5 nitrogen and oxygen atoms in total. The fourth-order valence-corrected chi connectivity index (χ4v) is 3.46. The lowest BCUT2D eigenvalue weighted by molar-refractivity contribution is 0.0697. The van der Waals surface area contributed by atoms with Gasteiger partial charge in [-0.3, -0.25) is 0 Å². The lowest BCUT2D eigenvalue weighted by atomic mass is 10.1. The third-order valence-electron chi connectivity index (χ3n) is 3.69. The maximum absolute atomic E-state index is 11.3. The van der Waals surface area contributed by atoms with E-state index in [0.717, 1.165) is 11.3 Å². The lowest BCUT2D eigenvalue weighted by Crippen LogP contribution is -2.15. The van der Waals surface area contributed by atoms with E-state index in [4.69, 9.17) is 11.6 Å². The van der Waals surface area contributed by atoms with E-state index in [1.165, 1.54) is 11.3 Å². The van der Waals surface area contributed by atoms with Crippen LogP contribution in [0, 0.1) is 0 Å². The van der Waals surface area contributed by atoms with Crippen molar-refractivity contribution in [3.63, 3.8) is 0 Å². The maximum Gasteiger partial charge on any atom is 0.336 e. The van der Waals surface area contributed by atoms with Crippen molar-refractivity contribution in [1.29, 1.82) is 0 Å². The Hall–Kier alpha value is -2.70. The molecule has 0 saturated carbocycles. The summed E-state index contributed by atoms with van der Waals surface area (Å²) in [5.74, 6) is -0.981. The largest absolute Gasteiger partial charge is 0.478 e. The number of rotatable bonds is 6. The number of benzene rings is 2. The Morgan fingerprint density at radius 2 is 2.00 bits per heavy atom. The molecule has 3 aromatic rings. The Kier molecular flexibility index (Phi) is 5.65. The van der Waals surface area contributed by atoms with Crippen molar-refractivity contribution in [3.8, 4) is 11.3 Å². The molecule has 0 unspecified atom stereocenters. The summed E-state index contributed by atoms with van der Waals surface area (Å²) in [6.07, 6.45) is 1.55. The van der Waals surface area contributed by atoms with Gasteiger partial charge in [-0.2, -0.15) is 5.10 Å². The van der Waals surface area contributed by atoms with Crippen molar-refractivity contribution in [3.05, 3.63) is 70.1 Å². The normalized spacial score (nSPS) is 11.0. The number of aromatic carboxylic acids is 1. The quantitative estimate of drug-likeness (QED) is 0.477. The van der Waals surface area contributed by atoms with Gasteiger partial charge in [0.2, 0.25) is 5.13 Å². The number of carboxylic acids is 1. The highest BCUT2D eigenvalue weighted by Crippen LogP contribution is 2.31. The molecule has 26 heavy (non-hydrogen) atoms. The number of carboxylic acid groups (broad SMARTS) is 1. The number of thiazole rings is 1. The molecule has 0 bridgehead atoms. The fraction of sp³-hybridized carbons (Fsp3) is 0.105. The zero-order valence-electron chi connectivity index (χ0n) is 14.0. The third-order valence-corrected chi connectivity index (χ3v) is 4.87. The van der Waals surface area contributed by atoms with Gasteiger partial charge in [-0.25, -0.2) is 14.8 Å². The standard InChI is InChI=1S/C19H16ClN3O2S/c1-2-23(21-11-13-7-3-4-8-14(13)18(24)25)19-22-17(12-26-19)15-9-5-6-10-16(15)20/h3-12H,2H2,1H3,(H,24,25). The first kappa shape index (κ1) is 18.1. The van der Waals surface area contributed by atoms with Gasteiger partial charge >= 0.3 is 5.97 Å². The number of aromatic nitrogens is 1. The Morgan fingerprint density at radius 1 is 1.27 bits per heavy atom. The molecule has 1 N–H and O–H groups in total. The Bertz CT molecular complexity index is 955. The molecule has 0 saturated heterocycles. The second-order valence-corrected chi connectivity index (χ2v) is 6.59. The van der Waals surface area contributed by atoms with Crippen molar-refractivity contribution < 1.29 is 9.90 Å². The van der Waals surface area contributed by atoms with E-state index in [2.05, 4.69) is 10.1 Å². The molecule has 0 radical (unpaired) electrons. The van der Waals surface area contributed by atoms with Crippen molar-refractivity contribution in [1.82, 2.24) is 4.98 Å². The number of nitrogens with zero attached hydrogens (tertiary/aromatic N) is 3. The van der Waals surface area contributed by atoms with Gasteiger partial charge in [0.15, 0.2) is 0 Å². The highest BCUT2D eigenvalue weighted by atomic mass is 35.5. The van der Waals surface area contributed by atoms with E-state index < -0.39 is 5.97 Å². The molecule has 0 aliphatic heterocycles. The van der Waals surface area contributed by atoms with Gasteiger partial charge < -0.3 is 5.11 Å². The van der Waals surface area contributed by atoms with Gasteiger partial charge in [0.25, 0.3) is 0 Å². The monoisotopic (exact) mass is 385 g/mol. The molecule has 132 valence electrons. The van der Waals surface area contributed by atoms with Crippen LogP contribution in [0.2, 0.25) is 5.02 Å². The maximum atomic E-state index is 11.3. The van der Waals surface area contributed by atoms with E-state index in [9.17, 15) is 9.90 Å². The average Bonchev–Trinajstić information content (AvgIpc) is 3.12. The molecular weight excluding hydrogens is 370 g/mol. The summed E-state index contributed by atoms with van der Waals surface area (Å²) in [6, 6.07) is 14.3. The number of halogens is 1. The summed E-state index contributed by atoms with van der Waals surface area (Å²) in [4.78, 5) is 15.9. The van der Waals surface area contributed by atoms with Crippen LogP contribution in [0.4, 0.5) is 5.13 Å². The number of anilines is 1. The van der Waals surface area contributed by atoms with Crippen LogP contribution in [-0.4, -0.2) is 28.8 Å². The smallest absolute Gasteiger partial charge is 0.336 e. The summed E-state index contributed by atoms with van der Waals surface area (Å²) < 4.78 is 0. The van der Waals surface area contributed by atoms with Crippen LogP contribution in [0.15, 0.2) is 59.0 Å². The number of hydrogen-bond donors (Lipinski definition) is 1. The van der Waals surface area contributed by atoms with E-state index in [0.29, 0.717) is 22.3 Å². The predicted octanol–water partition coefficient (Wildman–Crippen LogP) is 5.02. The molecule has 1 aromatic heterocycles. The minimum atomic E-state index is -0.981. The first-order chi connectivity index (χ1) is 12.6. The fourth-order valence-electron chi connectivity index (χ4n) is 2.38. The molecule has 0 aliphatic carbocycles. The third kappa shape index (κ3) is 3.92. The molecule has 0 fully saturated rings. The molecule has 0 amide bonds. The summed E-state index contributed by atoms with van der Waals surface area (Å²) in [6.45, 7) is 2.55. The van der Waals surface area contributed by atoms with Gasteiger partial charge in [-0.1, -0.05) is 48.0 Å². The summed E-state index contributed by atoms with van der Waals surface area (Å²) in [5.41, 5.74) is 2.41. The Balaban J connectivity index is 1.87. The van der Waals surface area contributed by atoms with Crippen LogP contribution in [0.25, 0.3) is 11.3 Å². The molecule has 0 aliphatic rings. The van der Waals surface area contributed by atoms with Crippen LogP contribution in [0.5, 0.6) is 0 Å². The highest BCUT2D eigenvalue weighted by Gasteiger charge is 2.12. The van der Waals surface area contributed by atoms with Crippen molar-refractivity contribution in [2.75, 3.05) is 11.6 Å². The summed E-state index contributed by atoms with van der Waals surface area (Å²) in [7, 11) is 0.